The molecule has 142 valence electrons. The number of ether oxygens (including phenoxy) is 2. The van der Waals surface area contributed by atoms with Crippen LogP contribution in [-0.4, -0.2) is 55.6 Å². The summed E-state index contributed by atoms with van der Waals surface area (Å²) in [7, 11) is -1.44. The van der Waals surface area contributed by atoms with E-state index in [4.69, 9.17) is 9.47 Å². The Kier molecular flexibility index (Phi) is 4.39. The fourth-order valence-electron chi connectivity index (χ4n) is 3.19. The van der Waals surface area contributed by atoms with E-state index in [-0.39, 0.29) is 35.9 Å². The van der Waals surface area contributed by atoms with Crippen LogP contribution in [0.5, 0.6) is 11.5 Å². The topological polar surface area (TPSA) is 97.8 Å². The lowest BCUT2D eigenvalue weighted by Gasteiger charge is -2.23. The molecule has 3 heterocycles. The molecule has 1 N–H and O–H groups in total. The van der Waals surface area contributed by atoms with Gasteiger partial charge in [0.2, 0.25) is 6.79 Å². The van der Waals surface area contributed by atoms with Crippen molar-refractivity contribution in [1.29, 1.82) is 0 Å². The van der Waals surface area contributed by atoms with Crippen LogP contribution in [0.4, 0.5) is 11.4 Å². The van der Waals surface area contributed by atoms with E-state index in [0.29, 0.717) is 23.6 Å². The summed E-state index contributed by atoms with van der Waals surface area (Å²) >= 11 is 0. The Morgan fingerprint density at radius 3 is 2.74 bits per heavy atom. The van der Waals surface area contributed by atoms with Crippen molar-refractivity contribution in [1.82, 2.24) is 9.88 Å². The fraction of sp³-hybridized carbons (Fsp3) is 0.333. The zero-order valence-corrected chi connectivity index (χ0v) is 15.5. The fourth-order valence-corrected chi connectivity index (χ4v) is 4.97. The molecular weight excluding hydrogens is 370 g/mol. The molecule has 4 rings (SSSR count). The van der Waals surface area contributed by atoms with E-state index in [1.165, 1.54) is 4.90 Å². The molecule has 27 heavy (non-hydrogen) atoms. The molecule has 1 atom stereocenters. The van der Waals surface area contributed by atoms with E-state index in [1.807, 2.05) is 18.2 Å². The van der Waals surface area contributed by atoms with E-state index in [9.17, 15) is 13.2 Å². The number of nitrogens with one attached hydrogen (secondary N) is 1. The summed E-state index contributed by atoms with van der Waals surface area (Å²) in [6, 6.07) is 8.57. The third kappa shape index (κ3) is 3.68. The second kappa shape index (κ2) is 6.73. The normalized spacial score (nSPS) is 19.7. The number of anilines is 2. The van der Waals surface area contributed by atoms with Crippen molar-refractivity contribution in [2.45, 2.75) is 12.5 Å². The lowest BCUT2D eigenvalue weighted by atomic mass is 10.2. The first kappa shape index (κ1) is 17.6. The molecule has 0 spiro atoms. The Labute approximate surface area is 157 Å². The van der Waals surface area contributed by atoms with Crippen LogP contribution in [0.2, 0.25) is 0 Å². The van der Waals surface area contributed by atoms with E-state index in [2.05, 4.69) is 10.3 Å². The number of hydrogen-bond donors (Lipinski definition) is 1. The van der Waals surface area contributed by atoms with Gasteiger partial charge in [0.05, 0.1) is 11.5 Å². The van der Waals surface area contributed by atoms with E-state index >= 15 is 0 Å². The zero-order valence-electron chi connectivity index (χ0n) is 14.7. The molecule has 0 saturated carbocycles. The third-order valence-electron chi connectivity index (χ3n) is 4.72. The summed E-state index contributed by atoms with van der Waals surface area (Å²) in [6.45, 7) is 0.204. The van der Waals surface area contributed by atoms with Gasteiger partial charge in [-0.05, 0) is 30.7 Å². The van der Waals surface area contributed by atoms with Crippen LogP contribution in [0.25, 0.3) is 0 Å². The third-order valence-corrected chi connectivity index (χ3v) is 6.47. The van der Waals surface area contributed by atoms with E-state index < -0.39 is 9.84 Å². The predicted octanol–water partition coefficient (Wildman–Crippen LogP) is 1.81. The van der Waals surface area contributed by atoms with Gasteiger partial charge in [-0.25, -0.2) is 8.42 Å². The molecule has 8 nitrogen and oxygen atoms in total. The molecule has 1 amide bonds. The Balaban J connectivity index is 1.49. The molecule has 1 saturated heterocycles. The van der Waals surface area contributed by atoms with Crippen molar-refractivity contribution < 1.29 is 22.7 Å². The van der Waals surface area contributed by atoms with Crippen LogP contribution in [0, 0.1) is 0 Å². The van der Waals surface area contributed by atoms with Crippen molar-refractivity contribution in [3.63, 3.8) is 0 Å². The highest BCUT2D eigenvalue weighted by Crippen LogP contribution is 2.35. The Hall–Kier alpha value is -2.81. The van der Waals surface area contributed by atoms with Crippen LogP contribution in [-0.2, 0) is 9.84 Å². The molecule has 1 unspecified atom stereocenters. The maximum atomic E-state index is 12.7. The average Bonchev–Trinajstić information content (AvgIpc) is 3.26. The number of benzene rings is 1. The number of aromatic nitrogens is 1. The SMILES string of the molecule is CN(C(=O)c1cc(Nc2ccc3c(c2)OCO3)ccn1)C1CCS(=O)(=O)C1. The molecule has 9 heteroatoms. The molecule has 1 fully saturated rings. The van der Waals surface area contributed by atoms with Crippen LogP contribution in [0.15, 0.2) is 36.5 Å². The minimum atomic E-state index is -3.06. The second-order valence-electron chi connectivity index (χ2n) is 6.60. The predicted molar refractivity (Wildman–Crippen MR) is 99.2 cm³/mol. The number of amides is 1. The van der Waals surface area contributed by atoms with Gasteiger partial charge in [0.25, 0.3) is 5.91 Å². The molecule has 1 aromatic carbocycles. The highest BCUT2D eigenvalue weighted by molar-refractivity contribution is 7.91. The minimum Gasteiger partial charge on any atom is -0.454 e. The van der Waals surface area contributed by atoms with Crippen LogP contribution in [0.3, 0.4) is 0 Å². The van der Waals surface area contributed by atoms with Crippen LogP contribution in [0.1, 0.15) is 16.9 Å². The van der Waals surface area contributed by atoms with Crippen molar-refractivity contribution in [3.8, 4) is 11.5 Å². The number of pyridine rings is 1. The Morgan fingerprint density at radius 2 is 1.96 bits per heavy atom. The number of carbonyl (C=O) groups is 1. The molecule has 1 aromatic heterocycles. The monoisotopic (exact) mass is 389 g/mol. The van der Waals surface area contributed by atoms with Gasteiger partial charge in [0.1, 0.15) is 5.69 Å². The van der Waals surface area contributed by atoms with E-state index in [0.717, 1.165) is 5.69 Å². The summed E-state index contributed by atoms with van der Waals surface area (Å²) < 4.78 is 34.0. The van der Waals surface area contributed by atoms with Crippen molar-refractivity contribution in [2.75, 3.05) is 30.7 Å². The van der Waals surface area contributed by atoms with Gasteiger partial charge in [-0.2, -0.15) is 0 Å². The van der Waals surface area contributed by atoms with Gasteiger partial charge in [-0.1, -0.05) is 0 Å². The van der Waals surface area contributed by atoms with Gasteiger partial charge >= 0.3 is 0 Å². The number of rotatable bonds is 4. The van der Waals surface area contributed by atoms with Crippen molar-refractivity contribution in [2.24, 2.45) is 0 Å². The largest absolute Gasteiger partial charge is 0.454 e. The number of fused-ring (bicyclic) bond motifs is 1. The minimum absolute atomic E-state index is 0.00434. The maximum Gasteiger partial charge on any atom is 0.272 e. The standard InChI is InChI=1S/C18H19N3O5S/c1-21(14-5-7-27(23,24)10-14)18(22)15-8-13(4-6-19-15)20-12-2-3-16-17(9-12)26-11-25-16/h2-4,6,8-9,14H,5,7,10-11H2,1H3,(H,19,20). The highest BCUT2D eigenvalue weighted by Gasteiger charge is 2.33. The van der Waals surface area contributed by atoms with Gasteiger partial charge in [0.15, 0.2) is 21.3 Å². The summed E-state index contributed by atoms with van der Waals surface area (Å²) in [4.78, 5) is 18.3. The number of sulfone groups is 1. The smallest absolute Gasteiger partial charge is 0.272 e. The molecule has 0 radical (unpaired) electrons. The lowest BCUT2D eigenvalue weighted by Crippen LogP contribution is -2.38. The van der Waals surface area contributed by atoms with Gasteiger partial charge in [-0.3, -0.25) is 9.78 Å². The van der Waals surface area contributed by atoms with Gasteiger partial charge < -0.3 is 19.7 Å². The van der Waals surface area contributed by atoms with E-state index in [1.54, 1.807) is 25.4 Å². The van der Waals surface area contributed by atoms with Crippen LogP contribution < -0.4 is 14.8 Å². The quantitative estimate of drug-likeness (QED) is 0.852. The van der Waals surface area contributed by atoms with Crippen LogP contribution >= 0.6 is 0 Å². The first-order chi connectivity index (χ1) is 12.9. The molecule has 2 aromatic rings. The molecular formula is C18H19N3O5S. The van der Waals surface area contributed by atoms with Gasteiger partial charge in [-0.15, -0.1) is 0 Å². The first-order valence-corrected chi connectivity index (χ1v) is 10.3. The highest BCUT2D eigenvalue weighted by atomic mass is 32.2. The van der Waals surface area contributed by atoms with Crippen molar-refractivity contribution >= 4 is 27.1 Å². The molecule has 0 bridgehead atoms. The summed E-state index contributed by atoms with van der Waals surface area (Å²) in [5, 5.41) is 3.21. The molecule has 2 aliphatic heterocycles. The maximum absolute atomic E-state index is 12.7. The average molecular weight is 389 g/mol. The molecule has 0 aliphatic carbocycles. The lowest BCUT2D eigenvalue weighted by molar-refractivity contribution is 0.0742. The summed E-state index contributed by atoms with van der Waals surface area (Å²) in [6.07, 6.45) is 2.00. The second-order valence-corrected chi connectivity index (χ2v) is 8.82. The van der Waals surface area contributed by atoms with Gasteiger partial charge in [0, 0.05) is 36.7 Å². The number of hydrogen-bond acceptors (Lipinski definition) is 7. The summed E-state index contributed by atoms with van der Waals surface area (Å²) in [5.74, 6) is 1.18. The first-order valence-electron chi connectivity index (χ1n) is 8.52. The summed E-state index contributed by atoms with van der Waals surface area (Å²) in [5.41, 5.74) is 1.74. The van der Waals surface area contributed by atoms with Crippen molar-refractivity contribution in [3.05, 3.63) is 42.2 Å². The Bertz CT molecular complexity index is 992. The zero-order chi connectivity index (χ0) is 19.0. The Morgan fingerprint density at radius 1 is 1.19 bits per heavy atom. The molecule has 2 aliphatic rings. The number of nitrogens with zero attached hydrogens (tertiary/aromatic N) is 2. The number of carbonyl (C=O) groups excluding carboxylic acids is 1.